The maximum Gasteiger partial charge on any atom is 0.241 e. The number of nitrogens with two attached hydrogens (primary N) is 1. The van der Waals surface area contributed by atoms with Gasteiger partial charge in [0.05, 0.1) is 6.04 Å². The van der Waals surface area contributed by atoms with Crippen molar-refractivity contribution in [2.24, 2.45) is 5.73 Å². The van der Waals surface area contributed by atoms with Gasteiger partial charge in [-0.1, -0.05) is 15.9 Å². The number of nitrogens with one attached hydrogen (secondary N) is 1. The smallest absolute Gasteiger partial charge is 0.241 e. The van der Waals surface area contributed by atoms with Crippen LogP contribution in [0.3, 0.4) is 0 Å². The second-order valence-electron chi connectivity index (χ2n) is 3.69. The molecule has 0 aliphatic heterocycles. The average Bonchev–Trinajstić information content (AvgIpc) is 2.10. The topological polar surface area (TPSA) is 55.1 Å². The lowest BCUT2D eigenvalue weighted by molar-refractivity contribution is -0.117. The highest BCUT2D eigenvalue weighted by molar-refractivity contribution is 9.10. The van der Waals surface area contributed by atoms with E-state index in [0.717, 1.165) is 21.3 Å². The highest BCUT2D eigenvalue weighted by Gasteiger charge is 2.11. The van der Waals surface area contributed by atoms with Gasteiger partial charge in [0.25, 0.3) is 0 Å². The predicted molar refractivity (Wildman–Crippen MR) is 65.9 cm³/mol. The van der Waals surface area contributed by atoms with E-state index < -0.39 is 6.04 Å². The van der Waals surface area contributed by atoms with Crippen LogP contribution in [0.4, 0.5) is 5.69 Å². The maximum atomic E-state index is 11.5. The van der Waals surface area contributed by atoms with Gasteiger partial charge in [0, 0.05) is 10.2 Å². The number of amides is 1. The Morgan fingerprint density at radius 1 is 1.40 bits per heavy atom. The molecule has 0 saturated heterocycles. The second-order valence-corrected chi connectivity index (χ2v) is 4.61. The zero-order valence-corrected chi connectivity index (χ0v) is 10.7. The number of anilines is 1. The second kappa shape index (κ2) is 4.77. The lowest BCUT2D eigenvalue weighted by atomic mass is 10.1. The van der Waals surface area contributed by atoms with E-state index in [9.17, 15) is 4.79 Å². The Labute approximate surface area is 98.2 Å². The molecular formula is C11H15BrN2O. The van der Waals surface area contributed by atoms with Gasteiger partial charge in [0.15, 0.2) is 0 Å². The van der Waals surface area contributed by atoms with Crippen LogP contribution in [0.2, 0.25) is 0 Å². The van der Waals surface area contributed by atoms with Gasteiger partial charge in [-0.25, -0.2) is 0 Å². The van der Waals surface area contributed by atoms with Crippen LogP contribution in [0.5, 0.6) is 0 Å². The largest absolute Gasteiger partial charge is 0.324 e. The summed E-state index contributed by atoms with van der Waals surface area (Å²) in [4.78, 5) is 11.5. The molecule has 0 aromatic heterocycles. The highest BCUT2D eigenvalue weighted by Crippen LogP contribution is 2.25. The molecule has 1 aromatic rings. The van der Waals surface area contributed by atoms with Crippen molar-refractivity contribution in [2.75, 3.05) is 5.32 Å². The van der Waals surface area contributed by atoms with Crippen LogP contribution in [-0.2, 0) is 4.79 Å². The van der Waals surface area contributed by atoms with Gasteiger partial charge in [-0.2, -0.15) is 0 Å². The van der Waals surface area contributed by atoms with Gasteiger partial charge in [-0.3, -0.25) is 4.79 Å². The molecule has 0 saturated carbocycles. The lowest BCUT2D eigenvalue weighted by Gasteiger charge is -2.13. The Kier molecular flexibility index (Phi) is 3.88. The minimum Gasteiger partial charge on any atom is -0.324 e. The minimum absolute atomic E-state index is 0.163. The lowest BCUT2D eigenvalue weighted by Crippen LogP contribution is -2.32. The van der Waals surface area contributed by atoms with Crippen molar-refractivity contribution < 1.29 is 4.79 Å². The summed E-state index contributed by atoms with van der Waals surface area (Å²) in [5.74, 6) is -0.163. The number of hydrogen-bond acceptors (Lipinski definition) is 2. The Morgan fingerprint density at radius 3 is 2.27 bits per heavy atom. The molecule has 1 aromatic carbocycles. The zero-order valence-electron chi connectivity index (χ0n) is 9.10. The van der Waals surface area contributed by atoms with Crippen molar-refractivity contribution in [3.8, 4) is 0 Å². The third-order valence-electron chi connectivity index (χ3n) is 2.16. The third-order valence-corrected chi connectivity index (χ3v) is 2.62. The van der Waals surface area contributed by atoms with Gasteiger partial charge in [0.2, 0.25) is 5.91 Å². The van der Waals surface area contributed by atoms with Gasteiger partial charge < -0.3 is 11.1 Å². The summed E-state index contributed by atoms with van der Waals surface area (Å²) in [6.07, 6.45) is 0. The first-order valence-electron chi connectivity index (χ1n) is 4.75. The van der Waals surface area contributed by atoms with Crippen molar-refractivity contribution in [2.45, 2.75) is 26.8 Å². The molecule has 3 nitrogen and oxygen atoms in total. The fourth-order valence-electron chi connectivity index (χ4n) is 1.34. The summed E-state index contributed by atoms with van der Waals surface area (Å²) in [5.41, 5.74) is 8.39. The van der Waals surface area contributed by atoms with Gasteiger partial charge in [-0.15, -0.1) is 0 Å². The summed E-state index contributed by atoms with van der Waals surface area (Å²) in [5, 5.41) is 2.82. The van der Waals surface area contributed by atoms with E-state index in [1.54, 1.807) is 6.92 Å². The molecule has 0 fully saturated rings. The molecule has 1 unspecified atom stereocenters. The molecule has 0 aliphatic carbocycles. The molecule has 0 aliphatic rings. The predicted octanol–water partition coefficient (Wildman–Crippen LogP) is 2.35. The highest BCUT2D eigenvalue weighted by atomic mass is 79.9. The first kappa shape index (κ1) is 12.2. The monoisotopic (exact) mass is 270 g/mol. The molecule has 82 valence electrons. The van der Waals surface area contributed by atoms with Crippen molar-refractivity contribution in [3.63, 3.8) is 0 Å². The van der Waals surface area contributed by atoms with E-state index in [-0.39, 0.29) is 5.91 Å². The van der Waals surface area contributed by atoms with Crippen LogP contribution in [0, 0.1) is 13.8 Å². The Balaban J connectivity index is 3.00. The van der Waals surface area contributed by atoms with E-state index >= 15 is 0 Å². The third kappa shape index (κ3) is 3.04. The molecule has 1 atom stereocenters. The molecule has 0 spiro atoms. The Morgan fingerprint density at radius 2 is 1.87 bits per heavy atom. The van der Waals surface area contributed by atoms with Crippen LogP contribution < -0.4 is 11.1 Å². The van der Waals surface area contributed by atoms with Crippen LogP contribution in [0.15, 0.2) is 16.6 Å². The summed E-state index contributed by atoms with van der Waals surface area (Å²) >= 11 is 3.40. The number of hydrogen-bond donors (Lipinski definition) is 2. The number of carbonyl (C=O) groups is 1. The van der Waals surface area contributed by atoms with Crippen molar-refractivity contribution in [1.29, 1.82) is 0 Å². The summed E-state index contributed by atoms with van der Waals surface area (Å²) < 4.78 is 1.01. The molecule has 1 rings (SSSR count). The molecule has 4 heteroatoms. The molecule has 3 N–H and O–H groups in total. The van der Waals surface area contributed by atoms with Crippen molar-refractivity contribution >= 4 is 27.5 Å². The Hall–Kier alpha value is -0.870. The molecular weight excluding hydrogens is 256 g/mol. The van der Waals surface area contributed by atoms with Gasteiger partial charge in [-0.05, 0) is 44.0 Å². The molecule has 1 amide bonds. The van der Waals surface area contributed by atoms with E-state index in [1.807, 2.05) is 26.0 Å². The first-order valence-corrected chi connectivity index (χ1v) is 5.54. The molecule has 15 heavy (non-hydrogen) atoms. The van der Waals surface area contributed by atoms with E-state index in [0.29, 0.717) is 0 Å². The van der Waals surface area contributed by atoms with Crippen molar-refractivity contribution in [3.05, 3.63) is 27.7 Å². The van der Waals surface area contributed by atoms with Crippen molar-refractivity contribution in [1.82, 2.24) is 0 Å². The number of carbonyl (C=O) groups excluding carboxylic acids is 1. The fraction of sp³-hybridized carbons (Fsp3) is 0.364. The quantitative estimate of drug-likeness (QED) is 0.867. The van der Waals surface area contributed by atoms with E-state index in [1.165, 1.54) is 0 Å². The number of aryl methyl sites for hydroxylation is 2. The number of benzene rings is 1. The normalized spacial score (nSPS) is 12.3. The van der Waals surface area contributed by atoms with Gasteiger partial charge in [0.1, 0.15) is 0 Å². The van der Waals surface area contributed by atoms with Crippen LogP contribution in [0.1, 0.15) is 18.1 Å². The summed E-state index contributed by atoms with van der Waals surface area (Å²) in [6.45, 7) is 5.57. The fourth-order valence-corrected chi connectivity index (χ4v) is 2.03. The van der Waals surface area contributed by atoms with Crippen LogP contribution >= 0.6 is 15.9 Å². The molecule has 0 bridgehead atoms. The molecule has 0 radical (unpaired) electrons. The average molecular weight is 271 g/mol. The number of halogens is 1. The maximum absolute atomic E-state index is 11.5. The van der Waals surface area contributed by atoms with E-state index in [4.69, 9.17) is 5.73 Å². The molecule has 0 heterocycles. The number of rotatable bonds is 2. The summed E-state index contributed by atoms with van der Waals surface area (Å²) in [6, 6.07) is 3.43. The van der Waals surface area contributed by atoms with Gasteiger partial charge >= 0.3 is 0 Å². The standard InChI is InChI=1S/C11H15BrN2O/c1-6-4-9(12)5-7(2)10(6)14-11(15)8(3)13/h4-5,8H,13H2,1-3H3,(H,14,15). The van der Waals surface area contributed by atoms with Crippen LogP contribution in [0.25, 0.3) is 0 Å². The summed E-state index contributed by atoms with van der Waals surface area (Å²) in [7, 11) is 0. The SMILES string of the molecule is Cc1cc(Br)cc(C)c1NC(=O)C(C)N. The zero-order chi connectivity index (χ0) is 11.6. The Bertz CT molecular complexity index is 365. The van der Waals surface area contributed by atoms with E-state index in [2.05, 4.69) is 21.2 Å². The van der Waals surface area contributed by atoms with Crippen LogP contribution in [-0.4, -0.2) is 11.9 Å². The first-order chi connectivity index (χ1) is 6.91. The minimum atomic E-state index is -0.493.